The van der Waals surface area contributed by atoms with Crippen LogP contribution in [0.3, 0.4) is 0 Å². The maximum atomic E-state index is 11.7. The van der Waals surface area contributed by atoms with Gasteiger partial charge in [-0.2, -0.15) is 13.2 Å². The molecular formula is C5H7F3O3. The second-order valence-corrected chi connectivity index (χ2v) is 2.15. The van der Waals surface area contributed by atoms with Gasteiger partial charge in [0.1, 0.15) is 6.10 Å². The lowest BCUT2D eigenvalue weighted by Crippen LogP contribution is -2.30. The molecule has 11 heavy (non-hydrogen) atoms. The summed E-state index contributed by atoms with van der Waals surface area (Å²) in [4.78, 5) is 0. The van der Waals surface area contributed by atoms with Crippen LogP contribution in [0.2, 0.25) is 0 Å². The highest BCUT2D eigenvalue weighted by Crippen LogP contribution is 2.28. The van der Waals surface area contributed by atoms with Gasteiger partial charge < -0.3 is 14.6 Å². The summed E-state index contributed by atoms with van der Waals surface area (Å²) in [6, 6.07) is 0. The summed E-state index contributed by atoms with van der Waals surface area (Å²) in [6.45, 7) is -0.659. The third-order valence-electron chi connectivity index (χ3n) is 1.22. The van der Waals surface area contributed by atoms with Crippen molar-refractivity contribution in [1.82, 2.24) is 0 Å². The first-order chi connectivity index (χ1) is 5.04. The average Bonchev–Trinajstić information content (AvgIpc) is 2.32. The van der Waals surface area contributed by atoms with E-state index in [0.29, 0.717) is 0 Å². The molecule has 0 spiro atoms. The van der Waals surface area contributed by atoms with Crippen LogP contribution in [0.4, 0.5) is 13.2 Å². The first-order valence-corrected chi connectivity index (χ1v) is 2.98. The summed E-state index contributed by atoms with van der Waals surface area (Å²) in [5, 5.41) is 8.38. The molecule has 66 valence electrons. The lowest BCUT2D eigenvalue weighted by molar-refractivity contribution is -0.277. The van der Waals surface area contributed by atoms with Gasteiger partial charge in [-0.15, -0.1) is 0 Å². The second-order valence-electron chi connectivity index (χ2n) is 2.15. The SMILES string of the molecule is OCC1COC(C(F)(F)F)O1. The number of hydrogen-bond acceptors (Lipinski definition) is 3. The molecule has 0 aromatic heterocycles. The van der Waals surface area contributed by atoms with Gasteiger partial charge in [0.15, 0.2) is 0 Å². The zero-order chi connectivity index (χ0) is 8.48. The van der Waals surface area contributed by atoms with Crippen LogP contribution in [-0.2, 0) is 9.47 Å². The fourth-order valence-electron chi connectivity index (χ4n) is 0.715. The molecule has 1 fully saturated rings. The fraction of sp³-hybridized carbons (Fsp3) is 1.00. The minimum atomic E-state index is -4.50. The van der Waals surface area contributed by atoms with Gasteiger partial charge in [-0.25, -0.2) is 0 Å². The number of rotatable bonds is 1. The molecule has 1 saturated heterocycles. The number of hydrogen-bond donors (Lipinski definition) is 1. The van der Waals surface area contributed by atoms with Crippen molar-refractivity contribution in [2.45, 2.75) is 18.6 Å². The van der Waals surface area contributed by atoms with E-state index in [2.05, 4.69) is 9.47 Å². The molecule has 6 heteroatoms. The molecule has 0 amide bonds. The molecule has 0 aromatic carbocycles. The van der Waals surface area contributed by atoms with Gasteiger partial charge >= 0.3 is 6.18 Å². The first kappa shape index (κ1) is 8.76. The second kappa shape index (κ2) is 2.96. The zero-order valence-electron chi connectivity index (χ0n) is 5.47. The van der Waals surface area contributed by atoms with Crippen LogP contribution in [0.5, 0.6) is 0 Å². The van der Waals surface area contributed by atoms with Crippen molar-refractivity contribution < 1.29 is 27.8 Å². The van der Waals surface area contributed by atoms with E-state index in [1.54, 1.807) is 0 Å². The van der Waals surface area contributed by atoms with Crippen molar-refractivity contribution in [2.75, 3.05) is 13.2 Å². The van der Waals surface area contributed by atoms with Gasteiger partial charge in [0.25, 0.3) is 6.29 Å². The van der Waals surface area contributed by atoms with E-state index in [1.807, 2.05) is 0 Å². The van der Waals surface area contributed by atoms with Gasteiger partial charge in [0, 0.05) is 0 Å². The smallest absolute Gasteiger partial charge is 0.394 e. The molecular weight excluding hydrogens is 165 g/mol. The Bertz CT molecular complexity index is 135. The molecule has 0 aromatic rings. The van der Waals surface area contributed by atoms with Crippen molar-refractivity contribution in [3.05, 3.63) is 0 Å². The molecule has 0 aliphatic carbocycles. The maximum absolute atomic E-state index is 11.7. The van der Waals surface area contributed by atoms with Gasteiger partial charge in [0.2, 0.25) is 0 Å². The predicted octanol–water partition coefficient (Wildman–Crippen LogP) is 0.282. The lowest BCUT2D eigenvalue weighted by atomic mass is 10.4. The maximum Gasteiger partial charge on any atom is 0.440 e. The van der Waals surface area contributed by atoms with Crippen LogP contribution in [0.1, 0.15) is 0 Å². The van der Waals surface area contributed by atoms with Gasteiger partial charge in [0.05, 0.1) is 13.2 Å². The third kappa shape index (κ3) is 2.05. The van der Waals surface area contributed by atoms with Gasteiger partial charge in [-0.3, -0.25) is 0 Å². The van der Waals surface area contributed by atoms with Crippen LogP contribution in [0.15, 0.2) is 0 Å². The molecule has 1 aliphatic rings. The highest BCUT2D eigenvalue weighted by Gasteiger charge is 2.46. The Morgan fingerprint density at radius 1 is 1.45 bits per heavy atom. The molecule has 1 rings (SSSR count). The topological polar surface area (TPSA) is 38.7 Å². The Morgan fingerprint density at radius 3 is 2.36 bits per heavy atom. The van der Waals surface area contributed by atoms with Crippen molar-refractivity contribution in [3.8, 4) is 0 Å². The van der Waals surface area contributed by atoms with Crippen LogP contribution < -0.4 is 0 Å². The quantitative estimate of drug-likeness (QED) is 0.617. The summed E-state index contributed by atoms with van der Waals surface area (Å²) in [5.74, 6) is 0. The minimum absolute atomic E-state index is 0.208. The summed E-state index contributed by atoms with van der Waals surface area (Å²) < 4.78 is 43.7. The number of halogens is 3. The van der Waals surface area contributed by atoms with Crippen LogP contribution in [-0.4, -0.2) is 36.9 Å². The van der Waals surface area contributed by atoms with E-state index in [-0.39, 0.29) is 6.61 Å². The molecule has 2 unspecified atom stereocenters. The highest BCUT2D eigenvalue weighted by molar-refractivity contribution is 4.68. The Kier molecular flexibility index (Phi) is 2.36. The zero-order valence-corrected chi connectivity index (χ0v) is 5.47. The number of ether oxygens (including phenoxy) is 2. The summed E-state index contributed by atoms with van der Waals surface area (Å²) in [5.41, 5.74) is 0. The Labute approximate surface area is 60.7 Å². The number of alkyl halides is 3. The lowest BCUT2D eigenvalue weighted by Gasteiger charge is -2.12. The Balaban J connectivity index is 2.42. The normalized spacial score (nSPS) is 32.7. The van der Waals surface area contributed by atoms with E-state index < -0.39 is 25.2 Å². The fourth-order valence-corrected chi connectivity index (χ4v) is 0.715. The number of aliphatic hydroxyl groups excluding tert-OH is 1. The standard InChI is InChI=1S/C5H7F3O3/c6-5(7,8)4-10-2-3(1-9)11-4/h3-4,9H,1-2H2. The molecule has 2 atom stereocenters. The van der Waals surface area contributed by atoms with Crippen LogP contribution in [0, 0.1) is 0 Å². The Hall–Kier alpha value is -0.330. The number of aliphatic hydroxyl groups is 1. The van der Waals surface area contributed by atoms with E-state index >= 15 is 0 Å². The van der Waals surface area contributed by atoms with Gasteiger partial charge in [-0.05, 0) is 0 Å². The van der Waals surface area contributed by atoms with Crippen molar-refractivity contribution >= 4 is 0 Å². The van der Waals surface area contributed by atoms with Crippen molar-refractivity contribution in [3.63, 3.8) is 0 Å². The monoisotopic (exact) mass is 172 g/mol. The molecule has 1 aliphatic heterocycles. The molecule has 3 nitrogen and oxygen atoms in total. The van der Waals surface area contributed by atoms with Crippen molar-refractivity contribution in [1.29, 1.82) is 0 Å². The molecule has 1 N–H and O–H groups in total. The first-order valence-electron chi connectivity index (χ1n) is 2.98. The highest BCUT2D eigenvalue weighted by atomic mass is 19.4. The van der Waals surface area contributed by atoms with Gasteiger partial charge in [-0.1, -0.05) is 0 Å². The van der Waals surface area contributed by atoms with E-state index in [0.717, 1.165) is 0 Å². The predicted molar refractivity (Wildman–Crippen MR) is 27.8 cm³/mol. The summed E-state index contributed by atoms with van der Waals surface area (Å²) in [7, 11) is 0. The van der Waals surface area contributed by atoms with E-state index in [4.69, 9.17) is 5.11 Å². The summed E-state index contributed by atoms with van der Waals surface area (Å²) in [6.07, 6.45) is -7.51. The van der Waals surface area contributed by atoms with Crippen LogP contribution in [0.25, 0.3) is 0 Å². The molecule has 1 heterocycles. The average molecular weight is 172 g/mol. The Morgan fingerprint density at radius 2 is 2.09 bits per heavy atom. The van der Waals surface area contributed by atoms with Crippen LogP contribution >= 0.6 is 0 Å². The molecule has 0 bridgehead atoms. The third-order valence-corrected chi connectivity index (χ3v) is 1.22. The molecule has 0 saturated carbocycles. The van der Waals surface area contributed by atoms with Crippen molar-refractivity contribution in [2.24, 2.45) is 0 Å². The van der Waals surface area contributed by atoms with E-state index in [1.165, 1.54) is 0 Å². The summed E-state index contributed by atoms with van der Waals surface area (Å²) >= 11 is 0. The molecule has 0 radical (unpaired) electrons. The largest absolute Gasteiger partial charge is 0.440 e. The van der Waals surface area contributed by atoms with E-state index in [9.17, 15) is 13.2 Å². The minimum Gasteiger partial charge on any atom is -0.394 e.